The van der Waals surface area contributed by atoms with E-state index in [9.17, 15) is 9.59 Å². The highest BCUT2D eigenvalue weighted by molar-refractivity contribution is 6.62. The number of benzene rings is 1. The lowest BCUT2D eigenvalue weighted by atomic mass is 9.78. The lowest BCUT2D eigenvalue weighted by molar-refractivity contribution is 0.00148. The van der Waals surface area contributed by atoms with E-state index in [0.29, 0.717) is 18.7 Å². The first-order valence-electron chi connectivity index (χ1n) is 9.77. The lowest BCUT2D eigenvalue weighted by Gasteiger charge is -2.38. The van der Waals surface area contributed by atoms with Gasteiger partial charge in [-0.2, -0.15) is 0 Å². The Kier molecular flexibility index (Phi) is 5.13. The average molecular weight is 387 g/mol. The molecule has 2 saturated heterocycles. The van der Waals surface area contributed by atoms with Gasteiger partial charge in [-0.15, -0.1) is 0 Å². The molecule has 1 aromatic rings. The first kappa shape index (κ1) is 20.9. The molecule has 2 aliphatic heterocycles. The molecule has 0 bridgehead atoms. The number of hydrogen-bond donors (Lipinski definition) is 0. The third kappa shape index (κ3) is 4.10. The molecule has 0 spiro atoms. The van der Waals surface area contributed by atoms with Crippen molar-refractivity contribution < 1.29 is 23.6 Å². The summed E-state index contributed by atoms with van der Waals surface area (Å²) in [5.74, 6) is -0.143. The van der Waals surface area contributed by atoms with E-state index >= 15 is 0 Å². The second-order valence-electron chi connectivity index (χ2n) is 9.66. The lowest BCUT2D eigenvalue weighted by Crippen LogP contribution is -2.54. The fourth-order valence-corrected chi connectivity index (χ4v) is 3.14. The SMILES string of the molecule is CC(C)(C)OC(=O)N1CC(C(=O)c2ccc(B3OC(C)(C)C(C)(C)O3)cc2)C1. The minimum atomic E-state index is -0.532. The van der Waals surface area contributed by atoms with E-state index in [1.807, 2.05) is 60.6 Å². The van der Waals surface area contributed by atoms with Crippen LogP contribution in [-0.2, 0) is 14.0 Å². The Hall–Kier alpha value is -1.86. The molecule has 7 heteroatoms. The van der Waals surface area contributed by atoms with Gasteiger partial charge >= 0.3 is 13.2 Å². The molecular weight excluding hydrogens is 357 g/mol. The van der Waals surface area contributed by atoms with Crippen LogP contribution in [0.5, 0.6) is 0 Å². The average Bonchev–Trinajstić information content (AvgIpc) is 2.72. The molecule has 2 aliphatic rings. The Bertz CT molecular complexity index is 744. The van der Waals surface area contributed by atoms with Crippen LogP contribution in [0, 0.1) is 5.92 Å². The number of amides is 1. The van der Waals surface area contributed by atoms with Gasteiger partial charge in [-0.25, -0.2) is 4.79 Å². The fourth-order valence-electron chi connectivity index (χ4n) is 3.14. The Morgan fingerprint density at radius 3 is 2.00 bits per heavy atom. The molecule has 2 heterocycles. The molecule has 28 heavy (non-hydrogen) atoms. The van der Waals surface area contributed by atoms with Crippen molar-refractivity contribution in [1.82, 2.24) is 4.90 Å². The standard InChI is InChI=1S/C21H30BNO5/c1-19(2,3)26-18(25)23-12-15(13-23)17(24)14-8-10-16(11-9-14)22-27-20(4,5)21(6,7)28-22/h8-11,15H,12-13H2,1-7H3. The summed E-state index contributed by atoms with van der Waals surface area (Å²) in [7, 11) is -0.444. The zero-order valence-electron chi connectivity index (χ0n) is 17.9. The summed E-state index contributed by atoms with van der Waals surface area (Å²) in [6.07, 6.45) is -0.368. The van der Waals surface area contributed by atoms with Crippen molar-refractivity contribution in [3.05, 3.63) is 29.8 Å². The van der Waals surface area contributed by atoms with Crippen LogP contribution < -0.4 is 5.46 Å². The summed E-state index contributed by atoms with van der Waals surface area (Å²) in [6.45, 7) is 14.3. The van der Waals surface area contributed by atoms with E-state index in [-0.39, 0.29) is 17.8 Å². The van der Waals surface area contributed by atoms with Crippen molar-refractivity contribution in [2.45, 2.75) is 65.3 Å². The number of ether oxygens (including phenoxy) is 1. The first-order chi connectivity index (χ1) is 12.8. The minimum absolute atomic E-state index is 0.0419. The van der Waals surface area contributed by atoms with Gasteiger partial charge in [-0.1, -0.05) is 24.3 Å². The predicted molar refractivity (Wildman–Crippen MR) is 108 cm³/mol. The van der Waals surface area contributed by atoms with Crippen molar-refractivity contribution in [2.75, 3.05) is 13.1 Å². The van der Waals surface area contributed by atoms with Crippen LogP contribution in [0.15, 0.2) is 24.3 Å². The maximum Gasteiger partial charge on any atom is 0.494 e. The molecule has 0 aromatic heterocycles. The summed E-state index contributed by atoms with van der Waals surface area (Å²) in [6, 6.07) is 7.36. The van der Waals surface area contributed by atoms with Gasteiger partial charge < -0.3 is 18.9 Å². The second-order valence-corrected chi connectivity index (χ2v) is 9.66. The van der Waals surface area contributed by atoms with Gasteiger partial charge in [0.2, 0.25) is 0 Å². The third-order valence-electron chi connectivity index (χ3n) is 5.62. The van der Waals surface area contributed by atoms with E-state index in [0.717, 1.165) is 5.46 Å². The molecule has 0 aliphatic carbocycles. The van der Waals surface area contributed by atoms with Crippen LogP contribution >= 0.6 is 0 Å². The van der Waals surface area contributed by atoms with Gasteiger partial charge in [0.1, 0.15) is 5.60 Å². The summed E-state index contributed by atoms with van der Waals surface area (Å²) < 4.78 is 17.4. The van der Waals surface area contributed by atoms with Gasteiger partial charge in [0.15, 0.2) is 5.78 Å². The Morgan fingerprint density at radius 2 is 1.54 bits per heavy atom. The van der Waals surface area contributed by atoms with Crippen LogP contribution in [0.25, 0.3) is 0 Å². The number of Topliss-reactive ketones (excluding diaryl/α,β-unsaturated/α-hetero) is 1. The van der Waals surface area contributed by atoms with Gasteiger partial charge in [-0.05, 0) is 53.9 Å². The van der Waals surface area contributed by atoms with Crippen molar-refractivity contribution in [3.8, 4) is 0 Å². The molecule has 0 radical (unpaired) electrons. The quantitative estimate of drug-likeness (QED) is 0.589. The summed E-state index contributed by atoms with van der Waals surface area (Å²) >= 11 is 0. The molecule has 152 valence electrons. The van der Waals surface area contributed by atoms with Gasteiger partial charge in [0.25, 0.3) is 0 Å². The molecule has 0 atom stereocenters. The summed E-state index contributed by atoms with van der Waals surface area (Å²) in [5.41, 5.74) is 0.190. The first-order valence-corrected chi connectivity index (χ1v) is 9.77. The molecule has 0 unspecified atom stereocenters. The van der Waals surface area contributed by atoms with Gasteiger partial charge in [-0.3, -0.25) is 4.79 Å². The van der Waals surface area contributed by atoms with Crippen molar-refractivity contribution in [1.29, 1.82) is 0 Å². The molecular formula is C21H30BNO5. The van der Waals surface area contributed by atoms with E-state index in [1.165, 1.54) is 0 Å². The largest absolute Gasteiger partial charge is 0.494 e. The maximum atomic E-state index is 12.7. The van der Waals surface area contributed by atoms with Crippen LogP contribution in [-0.4, -0.2) is 53.8 Å². The number of likely N-dealkylation sites (tertiary alicyclic amines) is 1. The number of ketones is 1. The smallest absolute Gasteiger partial charge is 0.444 e. The highest BCUT2D eigenvalue weighted by Gasteiger charge is 2.51. The maximum absolute atomic E-state index is 12.7. The van der Waals surface area contributed by atoms with Crippen molar-refractivity contribution in [2.24, 2.45) is 5.92 Å². The number of rotatable bonds is 3. The summed E-state index contributed by atoms with van der Waals surface area (Å²) in [4.78, 5) is 26.2. The van der Waals surface area contributed by atoms with Crippen LogP contribution in [0.3, 0.4) is 0 Å². The minimum Gasteiger partial charge on any atom is -0.444 e. The molecule has 3 rings (SSSR count). The normalized spacial score (nSPS) is 21.4. The van der Waals surface area contributed by atoms with Crippen LogP contribution in [0.4, 0.5) is 4.79 Å². The van der Waals surface area contributed by atoms with Crippen molar-refractivity contribution >= 4 is 24.5 Å². The number of nitrogens with zero attached hydrogens (tertiary/aromatic N) is 1. The molecule has 0 saturated carbocycles. The van der Waals surface area contributed by atoms with E-state index < -0.39 is 23.9 Å². The third-order valence-corrected chi connectivity index (χ3v) is 5.62. The monoisotopic (exact) mass is 387 g/mol. The zero-order chi connectivity index (χ0) is 20.9. The van der Waals surface area contributed by atoms with Gasteiger partial charge in [0.05, 0.1) is 17.1 Å². The number of hydrogen-bond acceptors (Lipinski definition) is 5. The topological polar surface area (TPSA) is 65.1 Å². The Morgan fingerprint density at radius 1 is 1.04 bits per heavy atom. The molecule has 6 nitrogen and oxygen atoms in total. The highest BCUT2D eigenvalue weighted by atomic mass is 16.7. The Balaban J connectivity index is 1.58. The van der Waals surface area contributed by atoms with Gasteiger partial charge in [0, 0.05) is 18.7 Å². The molecule has 2 fully saturated rings. The fraction of sp³-hybridized carbons (Fsp3) is 0.619. The second kappa shape index (κ2) is 6.88. The van der Waals surface area contributed by atoms with Crippen molar-refractivity contribution in [3.63, 3.8) is 0 Å². The van der Waals surface area contributed by atoms with Crippen LogP contribution in [0.2, 0.25) is 0 Å². The zero-order valence-corrected chi connectivity index (χ0v) is 17.9. The Labute approximate surface area is 167 Å². The number of carbonyl (C=O) groups is 2. The highest BCUT2D eigenvalue weighted by Crippen LogP contribution is 2.36. The molecule has 1 aromatic carbocycles. The molecule has 0 N–H and O–H groups in total. The number of carbonyl (C=O) groups excluding carboxylic acids is 2. The van der Waals surface area contributed by atoms with E-state index in [4.69, 9.17) is 14.0 Å². The van der Waals surface area contributed by atoms with Crippen LogP contribution in [0.1, 0.15) is 58.8 Å². The van der Waals surface area contributed by atoms with E-state index in [1.54, 1.807) is 17.0 Å². The molecule has 1 amide bonds. The van der Waals surface area contributed by atoms with E-state index in [2.05, 4.69) is 0 Å². The predicted octanol–water partition coefficient (Wildman–Crippen LogP) is 3.04. The summed E-state index contributed by atoms with van der Waals surface area (Å²) in [5, 5.41) is 0.